The van der Waals surface area contributed by atoms with Gasteiger partial charge in [0, 0.05) is 11.8 Å². The predicted octanol–water partition coefficient (Wildman–Crippen LogP) is 4.38. The van der Waals surface area contributed by atoms with Gasteiger partial charge in [-0.15, -0.1) is 11.3 Å². The lowest BCUT2D eigenvalue weighted by molar-refractivity contribution is -0.123. The van der Waals surface area contributed by atoms with Gasteiger partial charge >= 0.3 is 6.09 Å². The maximum Gasteiger partial charge on any atom is 0.407 e. The Balaban J connectivity index is 1.82. The van der Waals surface area contributed by atoms with Crippen LogP contribution in [0, 0.1) is 6.92 Å². The van der Waals surface area contributed by atoms with Gasteiger partial charge in [0.2, 0.25) is 5.91 Å². The molecule has 2 N–H and O–H groups in total. The number of benzene rings is 2. The quantitative estimate of drug-likeness (QED) is 0.506. The first-order valence-electron chi connectivity index (χ1n) is 10.7. The molecule has 1 aromatic heterocycles. The van der Waals surface area contributed by atoms with Gasteiger partial charge in [-0.3, -0.25) is 4.79 Å². The van der Waals surface area contributed by atoms with Gasteiger partial charge in [-0.05, 0) is 30.9 Å². The molecule has 7 heteroatoms. The highest BCUT2D eigenvalue weighted by molar-refractivity contribution is 7.09. The van der Waals surface area contributed by atoms with Crippen LogP contribution in [0.25, 0.3) is 0 Å². The van der Waals surface area contributed by atoms with E-state index >= 15 is 0 Å². The van der Waals surface area contributed by atoms with E-state index in [4.69, 9.17) is 9.72 Å². The Hall–Kier alpha value is -3.19. The lowest BCUT2D eigenvalue weighted by atomic mass is 10.0. The van der Waals surface area contributed by atoms with Crippen LogP contribution in [-0.4, -0.2) is 30.1 Å². The molecule has 168 valence electrons. The van der Waals surface area contributed by atoms with E-state index in [1.807, 2.05) is 42.6 Å². The summed E-state index contributed by atoms with van der Waals surface area (Å²) in [6.07, 6.45) is 1.17. The van der Waals surface area contributed by atoms with Crippen molar-refractivity contribution in [2.75, 3.05) is 7.11 Å². The molecule has 0 radical (unpaired) electrons. The third-order valence-corrected chi connectivity index (χ3v) is 6.19. The van der Waals surface area contributed by atoms with Crippen molar-refractivity contribution in [3.8, 4) is 0 Å². The largest absolute Gasteiger partial charge is 0.453 e. The van der Waals surface area contributed by atoms with Crippen molar-refractivity contribution in [2.45, 2.75) is 45.2 Å². The number of nitrogens with one attached hydrogen (secondary N) is 2. The molecule has 0 bridgehead atoms. The molecule has 3 rings (SSSR count). The average Bonchev–Trinajstić information content (AvgIpc) is 3.29. The topological polar surface area (TPSA) is 80.3 Å². The Kier molecular flexibility index (Phi) is 8.39. The second-order valence-corrected chi connectivity index (χ2v) is 8.59. The Bertz CT molecular complexity index is 1020. The summed E-state index contributed by atoms with van der Waals surface area (Å²) >= 11 is 1.59. The van der Waals surface area contributed by atoms with E-state index in [1.54, 1.807) is 11.3 Å². The highest BCUT2D eigenvalue weighted by atomic mass is 32.1. The third kappa shape index (κ3) is 6.65. The molecule has 0 saturated carbocycles. The van der Waals surface area contributed by atoms with Crippen LogP contribution in [0.4, 0.5) is 4.79 Å². The molecule has 2 atom stereocenters. The number of nitrogens with zero attached hydrogens (tertiary/aromatic N) is 1. The number of carbonyl (C=O) groups excluding carboxylic acids is 2. The van der Waals surface area contributed by atoms with E-state index in [-0.39, 0.29) is 11.9 Å². The van der Waals surface area contributed by atoms with E-state index in [9.17, 15) is 9.59 Å². The van der Waals surface area contributed by atoms with Crippen molar-refractivity contribution in [1.82, 2.24) is 15.6 Å². The van der Waals surface area contributed by atoms with Gasteiger partial charge in [0.25, 0.3) is 0 Å². The Morgan fingerprint density at radius 2 is 1.69 bits per heavy atom. The fraction of sp³-hybridized carbons (Fsp3) is 0.320. The summed E-state index contributed by atoms with van der Waals surface area (Å²) in [5.74, 6) is -0.276. The molecular weight excluding hydrogens is 422 g/mol. The number of rotatable bonds is 9. The number of carbonyl (C=O) groups is 2. The SMILES string of the molecule is CCc1nc(C(Cc2ccc(C)cc2)NC(=O)C(Cc2ccccc2)NC(=O)OC)cs1. The minimum Gasteiger partial charge on any atom is -0.453 e. The van der Waals surface area contributed by atoms with Crippen LogP contribution in [0.5, 0.6) is 0 Å². The molecule has 2 aromatic carbocycles. The van der Waals surface area contributed by atoms with E-state index in [0.717, 1.165) is 28.2 Å². The van der Waals surface area contributed by atoms with Gasteiger partial charge in [0.15, 0.2) is 0 Å². The summed E-state index contributed by atoms with van der Waals surface area (Å²) in [6, 6.07) is 16.8. The Labute approximate surface area is 193 Å². The lowest BCUT2D eigenvalue weighted by Crippen LogP contribution is -2.49. The van der Waals surface area contributed by atoms with Crippen LogP contribution >= 0.6 is 11.3 Å². The number of amides is 2. The van der Waals surface area contributed by atoms with Crippen molar-refractivity contribution in [3.05, 3.63) is 87.4 Å². The summed E-state index contributed by atoms with van der Waals surface area (Å²) in [5.41, 5.74) is 4.06. The van der Waals surface area contributed by atoms with Crippen LogP contribution in [0.3, 0.4) is 0 Å². The van der Waals surface area contributed by atoms with E-state index < -0.39 is 12.1 Å². The smallest absolute Gasteiger partial charge is 0.407 e. The monoisotopic (exact) mass is 451 g/mol. The predicted molar refractivity (Wildman–Crippen MR) is 127 cm³/mol. The molecule has 0 aliphatic carbocycles. The first-order chi connectivity index (χ1) is 15.5. The molecule has 32 heavy (non-hydrogen) atoms. The summed E-state index contributed by atoms with van der Waals surface area (Å²) < 4.78 is 4.74. The number of thiazole rings is 1. The first-order valence-corrected chi connectivity index (χ1v) is 11.5. The zero-order valence-electron chi connectivity index (χ0n) is 18.6. The van der Waals surface area contributed by atoms with Crippen molar-refractivity contribution in [2.24, 2.45) is 0 Å². The molecule has 2 unspecified atom stereocenters. The van der Waals surface area contributed by atoms with Gasteiger partial charge in [-0.2, -0.15) is 0 Å². The van der Waals surface area contributed by atoms with Crippen LogP contribution in [0.15, 0.2) is 60.0 Å². The Morgan fingerprint density at radius 3 is 2.31 bits per heavy atom. The molecule has 0 saturated heterocycles. The van der Waals surface area contributed by atoms with Crippen molar-refractivity contribution in [1.29, 1.82) is 0 Å². The maximum atomic E-state index is 13.3. The van der Waals surface area contributed by atoms with E-state index in [1.165, 1.54) is 12.7 Å². The van der Waals surface area contributed by atoms with Crippen molar-refractivity contribution in [3.63, 3.8) is 0 Å². The summed E-state index contributed by atoms with van der Waals surface area (Å²) in [7, 11) is 1.29. The molecule has 0 fully saturated rings. The van der Waals surface area contributed by atoms with Gasteiger partial charge in [0.05, 0.1) is 23.9 Å². The van der Waals surface area contributed by atoms with Gasteiger partial charge in [-0.25, -0.2) is 9.78 Å². The van der Waals surface area contributed by atoms with Crippen molar-refractivity contribution < 1.29 is 14.3 Å². The number of aromatic nitrogens is 1. The fourth-order valence-electron chi connectivity index (χ4n) is 3.37. The van der Waals surface area contributed by atoms with Gasteiger partial charge in [-0.1, -0.05) is 67.1 Å². The standard InChI is InChI=1S/C25H29N3O3S/c1-4-23-26-22(16-32-23)20(14-19-12-10-17(2)11-13-19)27-24(29)21(28-25(30)31-3)15-18-8-6-5-7-9-18/h5-13,16,20-21H,4,14-15H2,1-3H3,(H,27,29)(H,28,30). The minimum absolute atomic E-state index is 0.276. The van der Waals surface area contributed by atoms with E-state index in [0.29, 0.717) is 12.8 Å². The number of aryl methyl sites for hydroxylation is 2. The van der Waals surface area contributed by atoms with Crippen LogP contribution < -0.4 is 10.6 Å². The molecule has 0 spiro atoms. The van der Waals surface area contributed by atoms with Crippen LogP contribution in [-0.2, 0) is 28.8 Å². The second-order valence-electron chi connectivity index (χ2n) is 7.65. The number of hydrogen-bond donors (Lipinski definition) is 2. The van der Waals surface area contributed by atoms with Crippen molar-refractivity contribution >= 4 is 23.3 Å². The molecule has 3 aromatic rings. The minimum atomic E-state index is -0.769. The average molecular weight is 452 g/mol. The maximum absolute atomic E-state index is 13.3. The molecule has 0 aliphatic rings. The summed E-state index contributed by atoms with van der Waals surface area (Å²) in [5, 5.41) is 8.81. The second kappa shape index (κ2) is 11.4. The molecule has 6 nitrogen and oxygen atoms in total. The zero-order chi connectivity index (χ0) is 22.9. The number of alkyl carbamates (subject to hydrolysis) is 1. The number of ether oxygens (including phenoxy) is 1. The fourth-order valence-corrected chi connectivity index (χ4v) is 4.17. The van der Waals surface area contributed by atoms with Gasteiger partial charge in [0.1, 0.15) is 6.04 Å². The molecule has 1 heterocycles. The summed E-state index contributed by atoms with van der Waals surface area (Å²) in [4.78, 5) is 29.9. The number of methoxy groups -OCH3 is 1. The molecule has 2 amide bonds. The number of hydrogen-bond acceptors (Lipinski definition) is 5. The lowest BCUT2D eigenvalue weighted by Gasteiger charge is -2.23. The molecular formula is C25H29N3O3S. The normalized spacial score (nSPS) is 12.6. The Morgan fingerprint density at radius 1 is 1.00 bits per heavy atom. The zero-order valence-corrected chi connectivity index (χ0v) is 19.4. The highest BCUT2D eigenvalue weighted by Crippen LogP contribution is 2.22. The molecule has 0 aliphatic heterocycles. The van der Waals surface area contributed by atoms with E-state index in [2.05, 4.69) is 41.8 Å². The first kappa shape index (κ1) is 23.5. The highest BCUT2D eigenvalue weighted by Gasteiger charge is 2.26. The van der Waals surface area contributed by atoms with Crippen LogP contribution in [0.1, 0.15) is 40.4 Å². The van der Waals surface area contributed by atoms with Crippen LogP contribution in [0.2, 0.25) is 0 Å². The van der Waals surface area contributed by atoms with Gasteiger partial charge < -0.3 is 15.4 Å². The third-order valence-electron chi connectivity index (χ3n) is 5.18. The summed E-state index contributed by atoms with van der Waals surface area (Å²) in [6.45, 7) is 4.11.